The molecule has 1 aliphatic rings. The highest BCUT2D eigenvalue weighted by Gasteiger charge is 2.28. The second-order valence-electron chi connectivity index (χ2n) is 7.44. The quantitative estimate of drug-likeness (QED) is 0.707. The van der Waals surface area contributed by atoms with E-state index in [1.807, 2.05) is 47.5 Å². The van der Waals surface area contributed by atoms with Crippen molar-refractivity contribution >= 4 is 17.2 Å². The zero-order valence-electron chi connectivity index (χ0n) is 16.4. The zero-order chi connectivity index (χ0) is 19.7. The molecule has 1 aliphatic carbocycles. The van der Waals surface area contributed by atoms with Crippen LogP contribution in [0.2, 0.25) is 0 Å². The number of ether oxygens (including phenoxy) is 1. The summed E-state index contributed by atoms with van der Waals surface area (Å²) < 4.78 is 7.49. The van der Waals surface area contributed by atoms with Gasteiger partial charge in [-0.2, -0.15) is 0 Å². The van der Waals surface area contributed by atoms with Crippen molar-refractivity contribution in [3.05, 3.63) is 69.4 Å². The molecule has 2 heterocycles. The molecule has 0 spiro atoms. The number of nitrogens with one attached hydrogen (secondary N) is 1. The normalized spacial score (nSPS) is 17.0. The molecular weight excluding hydrogens is 370 g/mol. The van der Waals surface area contributed by atoms with E-state index in [1.54, 1.807) is 24.6 Å². The van der Waals surface area contributed by atoms with E-state index in [9.17, 15) is 4.79 Å². The first-order valence-electron chi connectivity index (χ1n) is 9.58. The van der Waals surface area contributed by atoms with Crippen molar-refractivity contribution in [2.75, 3.05) is 7.11 Å². The number of nitrogens with zero attached hydrogens (tertiary/aromatic N) is 2. The van der Waals surface area contributed by atoms with E-state index in [0.717, 1.165) is 42.0 Å². The third kappa shape index (κ3) is 3.44. The number of para-hydroxylation sites is 1. The largest absolute Gasteiger partial charge is 0.496 e. The summed E-state index contributed by atoms with van der Waals surface area (Å²) in [6, 6.07) is 7.37. The van der Waals surface area contributed by atoms with Gasteiger partial charge in [0.1, 0.15) is 17.6 Å². The maximum absolute atomic E-state index is 13.3. The summed E-state index contributed by atoms with van der Waals surface area (Å²) in [7, 11) is 3.58. The molecule has 0 fully saturated rings. The minimum atomic E-state index is -0.387. The molecular formula is C22H25N3O2S. The first kappa shape index (κ1) is 18.7. The molecule has 1 N–H and O–H groups in total. The Kier molecular flexibility index (Phi) is 5.22. The Bertz CT molecular complexity index is 991. The van der Waals surface area contributed by atoms with Gasteiger partial charge in [0.25, 0.3) is 5.91 Å². The molecule has 3 aromatic rings. The lowest BCUT2D eigenvalue weighted by Gasteiger charge is -2.22. The summed E-state index contributed by atoms with van der Waals surface area (Å²) >= 11 is 1.71. The van der Waals surface area contributed by atoms with Crippen molar-refractivity contribution in [3.63, 3.8) is 0 Å². The minimum absolute atomic E-state index is 0.0500. The summed E-state index contributed by atoms with van der Waals surface area (Å²) in [5.41, 5.74) is 2.92. The minimum Gasteiger partial charge on any atom is -0.496 e. The van der Waals surface area contributed by atoms with Gasteiger partial charge < -0.3 is 14.6 Å². The number of hydrogen-bond acceptors (Lipinski definition) is 4. The Hall–Kier alpha value is -2.60. The van der Waals surface area contributed by atoms with Crippen molar-refractivity contribution in [2.45, 2.75) is 32.2 Å². The fourth-order valence-electron chi connectivity index (χ4n) is 3.92. The van der Waals surface area contributed by atoms with Crippen LogP contribution >= 0.6 is 11.3 Å². The number of thiophene rings is 1. The number of aryl methyl sites for hydroxylation is 1. The average molecular weight is 396 g/mol. The van der Waals surface area contributed by atoms with Gasteiger partial charge in [-0.25, -0.2) is 4.98 Å². The Labute approximate surface area is 169 Å². The van der Waals surface area contributed by atoms with Crippen LogP contribution in [0.4, 0.5) is 0 Å². The molecule has 2 unspecified atom stereocenters. The highest BCUT2D eigenvalue weighted by molar-refractivity contribution is 7.10. The van der Waals surface area contributed by atoms with E-state index < -0.39 is 0 Å². The number of rotatable bonds is 5. The summed E-state index contributed by atoms with van der Waals surface area (Å²) in [5, 5.41) is 5.23. The third-order valence-corrected chi connectivity index (χ3v) is 6.54. The Morgan fingerprint density at radius 3 is 2.96 bits per heavy atom. The van der Waals surface area contributed by atoms with Crippen LogP contribution < -0.4 is 10.1 Å². The van der Waals surface area contributed by atoms with Gasteiger partial charge in [-0.15, -0.1) is 11.3 Å². The molecule has 28 heavy (non-hydrogen) atoms. The second-order valence-corrected chi connectivity index (χ2v) is 8.41. The first-order valence-corrected chi connectivity index (χ1v) is 10.5. The topological polar surface area (TPSA) is 56.1 Å². The molecule has 146 valence electrons. The predicted molar refractivity (Wildman–Crippen MR) is 111 cm³/mol. The monoisotopic (exact) mass is 395 g/mol. The van der Waals surface area contributed by atoms with Gasteiger partial charge in [0, 0.05) is 35.3 Å². The lowest BCUT2D eigenvalue weighted by atomic mass is 9.88. The molecule has 0 radical (unpaired) electrons. The van der Waals surface area contributed by atoms with Crippen LogP contribution in [0.5, 0.6) is 5.75 Å². The number of hydrogen-bond donors (Lipinski definition) is 1. The molecule has 0 aliphatic heterocycles. The van der Waals surface area contributed by atoms with Gasteiger partial charge in [-0.3, -0.25) is 4.79 Å². The number of amides is 1. The first-order chi connectivity index (χ1) is 13.6. The molecule has 5 nitrogen and oxygen atoms in total. The van der Waals surface area contributed by atoms with Crippen LogP contribution in [0, 0.1) is 5.92 Å². The number of carbonyl (C=O) groups is 1. The van der Waals surface area contributed by atoms with Crippen LogP contribution in [-0.4, -0.2) is 22.6 Å². The van der Waals surface area contributed by atoms with Crippen LogP contribution in [0.3, 0.4) is 0 Å². The SMILES string of the molecule is COc1ccccc1C(NC(=O)c1csc2c1CCC(C)C2)c1nccn1C. The number of benzene rings is 1. The van der Waals surface area contributed by atoms with E-state index in [0.29, 0.717) is 5.92 Å². The van der Waals surface area contributed by atoms with Crippen molar-refractivity contribution in [2.24, 2.45) is 13.0 Å². The van der Waals surface area contributed by atoms with E-state index in [2.05, 4.69) is 17.2 Å². The second kappa shape index (κ2) is 7.80. The maximum atomic E-state index is 13.3. The number of fused-ring (bicyclic) bond motifs is 1. The number of carbonyl (C=O) groups excluding carboxylic acids is 1. The third-order valence-electron chi connectivity index (χ3n) is 5.49. The lowest BCUT2D eigenvalue weighted by Crippen LogP contribution is -2.32. The molecule has 2 aromatic heterocycles. The van der Waals surface area contributed by atoms with E-state index in [-0.39, 0.29) is 11.9 Å². The average Bonchev–Trinajstić information content (AvgIpc) is 3.31. The van der Waals surface area contributed by atoms with Crippen molar-refractivity contribution in [1.29, 1.82) is 0 Å². The standard InChI is InChI=1S/C22H25N3O2S/c1-14-8-9-15-17(13-28-19(15)12-14)22(26)24-20(21-23-10-11-25(21)2)16-6-4-5-7-18(16)27-3/h4-7,10-11,13-14,20H,8-9,12H2,1-3H3,(H,24,26). The molecule has 1 amide bonds. The maximum Gasteiger partial charge on any atom is 0.253 e. The van der Waals surface area contributed by atoms with E-state index >= 15 is 0 Å². The Morgan fingerprint density at radius 2 is 2.21 bits per heavy atom. The van der Waals surface area contributed by atoms with Crippen LogP contribution in [-0.2, 0) is 19.9 Å². The molecule has 4 rings (SSSR count). The highest BCUT2D eigenvalue weighted by Crippen LogP contribution is 2.34. The van der Waals surface area contributed by atoms with Gasteiger partial charge in [0.05, 0.1) is 12.7 Å². The van der Waals surface area contributed by atoms with Crippen molar-refractivity contribution in [3.8, 4) is 5.75 Å². The molecule has 0 saturated carbocycles. The molecule has 2 atom stereocenters. The van der Waals surface area contributed by atoms with Gasteiger partial charge in [0.15, 0.2) is 0 Å². The van der Waals surface area contributed by atoms with Crippen molar-refractivity contribution < 1.29 is 9.53 Å². The van der Waals surface area contributed by atoms with Gasteiger partial charge in [-0.1, -0.05) is 25.1 Å². The van der Waals surface area contributed by atoms with Gasteiger partial charge in [-0.05, 0) is 36.8 Å². The summed E-state index contributed by atoms with van der Waals surface area (Å²) in [5.74, 6) is 2.15. The van der Waals surface area contributed by atoms with Crippen LogP contribution in [0.1, 0.15) is 51.6 Å². The predicted octanol–water partition coefficient (Wildman–Crippen LogP) is 4.13. The van der Waals surface area contributed by atoms with E-state index in [4.69, 9.17) is 4.74 Å². The Morgan fingerprint density at radius 1 is 1.39 bits per heavy atom. The summed E-state index contributed by atoms with van der Waals surface area (Å²) in [6.45, 7) is 2.28. The summed E-state index contributed by atoms with van der Waals surface area (Å²) in [4.78, 5) is 19.1. The van der Waals surface area contributed by atoms with Crippen molar-refractivity contribution in [1.82, 2.24) is 14.9 Å². The van der Waals surface area contributed by atoms with E-state index in [1.165, 1.54) is 10.4 Å². The van der Waals surface area contributed by atoms with Gasteiger partial charge >= 0.3 is 0 Å². The van der Waals surface area contributed by atoms with Crippen LogP contribution in [0.25, 0.3) is 0 Å². The molecule has 0 saturated heterocycles. The molecule has 1 aromatic carbocycles. The summed E-state index contributed by atoms with van der Waals surface area (Å²) in [6.07, 6.45) is 6.82. The molecule has 6 heteroatoms. The number of aromatic nitrogens is 2. The fourth-order valence-corrected chi connectivity index (χ4v) is 5.16. The number of methoxy groups -OCH3 is 1. The fraction of sp³-hybridized carbons (Fsp3) is 0.364. The highest BCUT2D eigenvalue weighted by atomic mass is 32.1. The van der Waals surface area contributed by atoms with Gasteiger partial charge in [0.2, 0.25) is 0 Å². The smallest absolute Gasteiger partial charge is 0.253 e. The molecule has 0 bridgehead atoms. The zero-order valence-corrected chi connectivity index (χ0v) is 17.3. The van der Waals surface area contributed by atoms with Crippen LogP contribution in [0.15, 0.2) is 42.0 Å². The number of imidazole rings is 1. The lowest BCUT2D eigenvalue weighted by molar-refractivity contribution is 0.0940. The Balaban J connectivity index is 1.69.